The van der Waals surface area contributed by atoms with Crippen LogP contribution in [0.25, 0.3) is 0 Å². The first-order chi connectivity index (χ1) is 9.23. The summed E-state index contributed by atoms with van der Waals surface area (Å²) in [5, 5.41) is 42.5. The molecule has 0 aliphatic heterocycles. The second kappa shape index (κ2) is 5.09. The van der Waals surface area contributed by atoms with Crippen molar-refractivity contribution in [2.75, 3.05) is 0 Å². The molecule has 106 valence electrons. The Bertz CT molecular complexity index is 564. The summed E-state index contributed by atoms with van der Waals surface area (Å²) in [6, 6.07) is 3.84. The highest BCUT2D eigenvalue weighted by atomic mass is 16.8. The standard InChI is InChI=1S/C7H4N4O9/c12-8(13)5-3-1-2-4-6(5)20-7(9(14)15,10(16)17)11(18)19/h1-4H. The van der Waals surface area contributed by atoms with Crippen LogP contribution in [-0.4, -0.2) is 25.7 Å². The molecule has 0 heterocycles. The maximum absolute atomic E-state index is 10.6. The molecule has 0 aliphatic rings. The lowest BCUT2D eigenvalue weighted by Crippen LogP contribution is -2.58. The molecule has 0 N–H and O–H groups in total. The van der Waals surface area contributed by atoms with Crippen molar-refractivity contribution >= 4 is 5.69 Å². The van der Waals surface area contributed by atoms with Crippen LogP contribution in [0.4, 0.5) is 5.69 Å². The van der Waals surface area contributed by atoms with Gasteiger partial charge in [-0.15, -0.1) is 0 Å². The molecule has 1 aromatic rings. The molecule has 0 spiro atoms. The molecule has 0 saturated carbocycles. The van der Waals surface area contributed by atoms with Gasteiger partial charge < -0.3 is 0 Å². The zero-order chi connectivity index (χ0) is 15.5. The molecule has 20 heavy (non-hydrogen) atoms. The minimum Gasteiger partial charge on any atom is -0.300 e. The molecule has 0 amide bonds. The van der Waals surface area contributed by atoms with Crippen LogP contribution in [0.2, 0.25) is 0 Å². The van der Waals surface area contributed by atoms with E-state index in [9.17, 15) is 40.5 Å². The number of hydrogen-bond acceptors (Lipinski definition) is 9. The fourth-order valence-electron chi connectivity index (χ4n) is 1.15. The van der Waals surface area contributed by atoms with Crippen molar-refractivity contribution in [3.05, 3.63) is 64.7 Å². The van der Waals surface area contributed by atoms with Gasteiger partial charge >= 0.3 is 11.7 Å². The zero-order valence-corrected chi connectivity index (χ0v) is 9.27. The lowest BCUT2D eigenvalue weighted by atomic mass is 10.3. The molecule has 0 saturated heterocycles. The van der Waals surface area contributed by atoms with Crippen LogP contribution in [0.15, 0.2) is 24.3 Å². The van der Waals surface area contributed by atoms with Crippen molar-refractivity contribution in [3.63, 3.8) is 0 Å². The fourth-order valence-corrected chi connectivity index (χ4v) is 1.15. The highest BCUT2D eigenvalue weighted by Crippen LogP contribution is 2.30. The van der Waals surface area contributed by atoms with Gasteiger partial charge in [-0.3, -0.25) is 14.9 Å². The summed E-state index contributed by atoms with van der Waals surface area (Å²) >= 11 is 0. The van der Waals surface area contributed by atoms with E-state index in [1.54, 1.807) is 0 Å². The SMILES string of the molecule is O=[N+]([O-])c1ccccc1OC([N+](=O)[O-])([N+](=O)[O-])[N+](=O)[O-]. The molecule has 0 unspecified atom stereocenters. The molecule has 0 atom stereocenters. The molecule has 13 nitrogen and oxygen atoms in total. The second-order valence-electron chi connectivity index (χ2n) is 3.17. The maximum atomic E-state index is 10.6. The van der Waals surface area contributed by atoms with Crippen molar-refractivity contribution in [2.24, 2.45) is 0 Å². The van der Waals surface area contributed by atoms with Crippen LogP contribution < -0.4 is 4.74 Å². The third-order valence-corrected chi connectivity index (χ3v) is 2.02. The Balaban J connectivity index is 3.42. The van der Waals surface area contributed by atoms with E-state index in [2.05, 4.69) is 4.74 Å². The number of para-hydroxylation sites is 2. The van der Waals surface area contributed by atoms with Gasteiger partial charge in [0.2, 0.25) is 20.5 Å². The molecule has 0 bridgehead atoms. The van der Waals surface area contributed by atoms with Crippen LogP contribution in [0.5, 0.6) is 5.75 Å². The van der Waals surface area contributed by atoms with Gasteiger partial charge in [0, 0.05) is 6.07 Å². The summed E-state index contributed by atoms with van der Waals surface area (Å²) in [7, 11) is 0. The summed E-state index contributed by atoms with van der Waals surface area (Å²) in [5.74, 6) is -5.23. The number of nitrogens with zero attached hydrogens (tertiary/aromatic N) is 4. The van der Waals surface area contributed by atoms with Crippen molar-refractivity contribution in [1.29, 1.82) is 0 Å². The third kappa shape index (κ3) is 2.26. The molecule has 1 aromatic carbocycles. The monoisotopic (exact) mass is 288 g/mol. The van der Waals surface area contributed by atoms with E-state index in [1.807, 2.05) is 0 Å². The largest absolute Gasteiger partial charge is 0.890 e. The number of nitro benzene ring substituents is 1. The molecular formula is C7H4N4O9. The van der Waals surface area contributed by atoms with Crippen molar-refractivity contribution in [1.82, 2.24) is 0 Å². The number of rotatable bonds is 6. The van der Waals surface area contributed by atoms with Crippen LogP contribution in [0.1, 0.15) is 0 Å². The minimum absolute atomic E-state index is 0.767. The van der Waals surface area contributed by atoms with Crippen molar-refractivity contribution < 1.29 is 24.4 Å². The van der Waals surface area contributed by atoms with Gasteiger partial charge in [-0.1, -0.05) is 12.1 Å². The first-order valence-electron chi connectivity index (χ1n) is 4.59. The topological polar surface area (TPSA) is 182 Å². The molecule has 13 heteroatoms. The first-order valence-corrected chi connectivity index (χ1v) is 4.59. The quantitative estimate of drug-likeness (QED) is 0.406. The Hall–Kier alpha value is -3.38. The zero-order valence-electron chi connectivity index (χ0n) is 9.27. The lowest BCUT2D eigenvalue weighted by molar-refractivity contribution is -1.01. The van der Waals surface area contributed by atoms with Crippen LogP contribution in [0.3, 0.4) is 0 Å². The van der Waals surface area contributed by atoms with E-state index in [4.69, 9.17) is 0 Å². The molecule has 0 aromatic heterocycles. The number of nitro groups is 4. The third-order valence-electron chi connectivity index (χ3n) is 2.02. The average molecular weight is 288 g/mol. The van der Waals surface area contributed by atoms with Crippen molar-refractivity contribution in [3.8, 4) is 5.75 Å². The Morgan fingerprint density at radius 1 is 0.850 bits per heavy atom. The average Bonchev–Trinajstić information content (AvgIpc) is 2.34. The highest BCUT2D eigenvalue weighted by molar-refractivity contribution is 5.45. The number of hydrogen-bond donors (Lipinski definition) is 0. The van der Waals surface area contributed by atoms with Crippen LogP contribution >= 0.6 is 0 Å². The fraction of sp³-hybridized carbons (Fsp3) is 0.143. The molecule has 0 aliphatic carbocycles. The summed E-state index contributed by atoms with van der Waals surface area (Å²) in [6.07, 6.45) is 0. The summed E-state index contributed by atoms with van der Waals surface area (Å²) in [5.41, 5.74) is -0.887. The van der Waals surface area contributed by atoms with Crippen LogP contribution in [-0.2, 0) is 0 Å². The van der Waals surface area contributed by atoms with E-state index in [1.165, 1.54) is 0 Å². The maximum Gasteiger partial charge on any atom is 0.890 e. The normalized spacial score (nSPS) is 10.6. The van der Waals surface area contributed by atoms with E-state index >= 15 is 0 Å². The van der Waals surface area contributed by atoms with Crippen LogP contribution in [0, 0.1) is 40.5 Å². The summed E-state index contributed by atoms with van der Waals surface area (Å²) in [6.45, 7) is 0. The predicted molar refractivity (Wildman–Crippen MR) is 57.4 cm³/mol. The smallest absolute Gasteiger partial charge is 0.300 e. The van der Waals surface area contributed by atoms with E-state index < -0.39 is 37.1 Å². The van der Waals surface area contributed by atoms with Crippen molar-refractivity contribution in [2.45, 2.75) is 5.97 Å². The number of ether oxygens (including phenoxy) is 1. The second-order valence-corrected chi connectivity index (χ2v) is 3.17. The molecule has 0 radical (unpaired) electrons. The van der Waals surface area contributed by atoms with Gasteiger partial charge in [0.15, 0.2) is 0 Å². The van der Waals surface area contributed by atoms with Gasteiger partial charge in [-0.2, -0.15) is 0 Å². The predicted octanol–water partition coefficient (Wildman–Crippen LogP) is 0.415. The summed E-state index contributed by atoms with van der Waals surface area (Å²) in [4.78, 5) is 35.7. The number of benzene rings is 1. The molecule has 0 fully saturated rings. The molecular weight excluding hydrogens is 284 g/mol. The molecule has 1 rings (SSSR count). The van der Waals surface area contributed by atoms with Gasteiger partial charge in [-0.25, -0.2) is 30.3 Å². The first kappa shape index (κ1) is 14.7. The van der Waals surface area contributed by atoms with E-state index in [-0.39, 0.29) is 0 Å². The Labute approximate surface area is 108 Å². The lowest BCUT2D eigenvalue weighted by Gasteiger charge is -2.09. The Kier molecular flexibility index (Phi) is 3.73. The Morgan fingerprint density at radius 2 is 1.30 bits per heavy atom. The van der Waals surface area contributed by atoms with E-state index in [0.29, 0.717) is 0 Å². The summed E-state index contributed by atoms with van der Waals surface area (Å²) < 4.78 is 4.14. The van der Waals surface area contributed by atoms with Gasteiger partial charge in [0.1, 0.15) is 0 Å². The van der Waals surface area contributed by atoms with Gasteiger partial charge in [-0.05, 0) is 6.07 Å². The van der Waals surface area contributed by atoms with Gasteiger partial charge in [0.25, 0.3) is 0 Å². The Morgan fingerprint density at radius 3 is 1.70 bits per heavy atom. The highest BCUT2D eigenvalue weighted by Gasteiger charge is 2.76. The minimum atomic E-state index is -4.26. The van der Waals surface area contributed by atoms with Gasteiger partial charge in [0.05, 0.1) is 4.92 Å². The van der Waals surface area contributed by atoms with E-state index in [0.717, 1.165) is 24.3 Å².